The zero-order valence-corrected chi connectivity index (χ0v) is 15.7. The lowest BCUT2D eigenvalue weighted by Gasteiger charge is -2.02. The number of benzene rings is 2. The first kappa shape index (κ1) is 16.8. The van der Waals surface area contributed by atoms with Gasteiger partial charge in [0, 0.05) is 21.6 Å². The molecule has 6 heteroatoms. The highest BCUT2D eigenvalue weighted by Gasteiger charge is 2.18. The highest BCUT2D eigenvalue weighted by molar-refractivity contribution is 14.1. The van der Waals surface area contributed by atoms with Gasteiger partial charge < -0.3 is 0 Å². The Hall–Kier alpha value is -2.06. The molecular formula is C18H13IN2O2S. The van der Waals surface area contributed by atoms with Crippen molar-refractivity contribution in [3.05, 3.63) is 68.6 Å². The van der Waals surface area contributed by atoms with Gasteiger partial charge in [0.25, 0.3) is 5.91 Å². The largest absolute Gasteiger partial charge is 0.298 e. The molecule has 0 fully saturated rings. The van der Waals surface area contributed by atoms with Crippen LogP contribution >= 0.6 is 33.9 Å². The second-order valence-corrected chi connectivity index (χ2v) is 7.33. The van der Waals surface area contributed by atoms with Crippen LogP contribution in [0.1, 0.15) is 27.0 Å². The molecule has 3 aromatic rings. The van der Waals surface area contributed by atoms with Gasteiger partial charge >= 0.3 is 0 Å². The van der Waals surface area contributed by atoms with Gasteiger partial charge in [0.05, 0.1) is 10.6 Å². The number of halogens is 1. The molecule has 0 bridgehead atoms. The molecule has 0 saturated heterocycles. The fourth-order valence-electron chi connectivity index (χ4n) is 2.20. The van der Waals surface area contributed by atoms with Gasteiger partial charge in [-0.05, 0) is 40.8 Å². The van der Waals surface area contributed by atoms with Gasteiger partial charge in [-0.25, -0.2) is 4.98 Å². The number of amides is 1. The molecule has 0 aliphatic rings. The van der Waals surface area contributed by atoms with Crippen LogP contribution in [0, 0.1) is 3.57 Å². The van der Waals surface area contributed by atoms with E-state index in [4.69, 9.17) is 0 Å². The summed E-state index contributed by atoms with van der Waals surface area (Å²) in [6, 6.07) is 16.8. The fourth-order valence-corrected chi connectivity index (χ4v) is 3.62. The number of hydrogen-bond acceptors (Lipinski definition) is 4. The average molecular weight is 448 g/mol. The lowest BCUT2D eigenvalue weighted by Crippen LogP contribution is -2.11. The number of carbonyl (C=O) groups is 2. The van der Waals surface area contributed by atoms with Crippen LogP contribution < -0.4 is 5.32 Å². The number of nitrogens with one attached hydrogen (secondary N) is 1. The van der Waals surface area contributed by atoms with Crippen LogP contribution in [0.15, 0.2) is 54.6 Å². The average Bonchev–Trinajstić information content (AvgIpc) is 3.00. The summed E-state index contributed by atoms with van der Waals surface area (Å²) in [5, 5.41) is 3.20. The summed E-state index contributed by atoms with van der Waals surface area (Å²) >= 11 is 3.35. The van der Waals surface area contributed by atoms with Crippen molar-refractivity contribution in [1.29, 1.82) is 0 Å². The van der Waals surface area contributed by atoms with Crippen molar-refractivity contribution in [2.45, 2.75) is 6.92 Å². The van der Waals surface area contributed by atoms with E-state index in [9.17, 15) is 9.59 Å². The minimum Gasteiger partial charge on any atom is -0.298 e. The Morgan fingerprint density at radius 2 is 1.83 bits per heavy atom. The van der Waals surface area contributed by atoms with Crippen LogP contribution in [0.4, 0.5) is 5.13 Å². The summed E-state index contributed by atoms with van der Waals surface area (Å²) in [7, 11) is 0. The zero-order chi connectivity index (χ0) is 17.1. The Morgan fingerprint density at radius 3 is 2.50 bits per heavy atom. The number of carbonyl (C=O) groups excluding carboxylic acids is 2. The smallest absolute Gasteiger partial charge is 0.257 e. The summed E-state index contributed by atoms with van der Waals surface area (Å²) in [6.07, 6.45) is 0. The van der Waals surface area contributed by atoms with E-state index in [-0.39, 0.29) is 11.7 Å². The molecule has 0 spiro atoms. The van der Waals surface area contributed by atoms with Crippen LogP contribution in [-0.4, -0.2) is 16.7 Å². The second-order valence-electron chi connectivity index (χ2n) is 5.08. The third kappa shape index (κ3) is 3.70. The molecule has 120 valence electrons. The monoisotopic (exact) mass is 448 g/mol. The Kier molecular flexibility index (Phi) is 5.06. The summed E-state index contributed by atoms with van der Waals surface area (Å²) in [6.45, 7) is 1.51. The predicted octanol–water partition coefficient (Wildman–Crippen LogP) is 4.87. The molecular weight excluding hydrogens is 435 g/mol. The van der Waals surface area contributed by atoms with Crippen LogP contribution in [0.5, 0.6) is 0 Å². The van der Waals surface area contributed by atoms with Crippen LogP contribution in [-0.2, 0) is 0 Å². The second kappa shape index (κ2) is 7.23. The van der Waals surface area contributed by atoms with E-state index in [1.807, 2.05) is 42.5 Å². The summed E-state index contributed by atoms with van der Waals surface area (Å²) in [5.74, 6) is -0.307. The fraction of sp³-hybridized carbons (Fsp3) is 0.0556. The Morgan fingerprint density at radius 1 is 1.08 bits per heavy atom. The number of hydrogen-bond donors (Lipinski definition) is 1. The molecule has 2 aromatic carbocycles. The molecule has 0 radical (unpaired) electrons. The number of thiazole rings is 1. The molecule has 1 amide bonds. The van der Waals surface area contributed by atoms with Crippen molar-refractivity contribution in [2.24, 2.45) is 0 Å². The SMILES string of the molecule is CC(=O)c1sc(NC(=O)c2cccc(I)c2)nc1-c1ccccc1. The molecule has 1 heterocycles. The van der Waals surface area contributed by atoms with Gasteiger partial charge in [0.2, 0.25) is 0 Å². The molecule has 0 aliphatic carbocycles. The summed E-state index contributed by atoms with van der Waals surface area (Å²) < 4.78 is 0.980. The predicted molar refractivity (Wildman–Crippen MR) is 105 cm³/mol. The van der Waals surface area contributed by atoms with Crippen molar-refractivity contribution in [2.75, 3.05) is 5.32 Å². The molecule has 0 aliphatic heterocycles. The third-order valence-corrected chi connectivity index (χ3v) is 5.04. The van der Waals surface area contributed by atoms with Gasteiger partial charge in [-0.15, -0.1) is 0 Å². The first-order chi connectivity index (χ1) is 11.5. The number of nitrogens with zero attached hydrogens (tertiary/aromatic N) is 1. The topological polar surface area (TPSA) is 59.1 Å². The first-order valence-electron chi connectivity index (χ1n) is 7.18. The molecule has 1 aromatic heterocycles. The molecule has 24 heavy (non-hydrogen) atoms. The van der Waals surface area contributed by atoms with Crippen molar-refractivity contribution in [3.63, 3.8) is 0 Å². The van der Waals surface area contributed by atoms with Gasteiger partial charge in [-0.3, -0.25) is 14.9 Å². The van der Waals surface area contributed by atoms with Crippen LogP contribution in [0.25, 0.3) is 11.3 Å². The first-order valence-corrected chi connectivity index (χ1v) is 9.08. The van der Waals surface area contributed by atoms with Crippen LogP contribution in [0.3, 0.4) is 0 Å². The standard InChI is InChI=1S/C18H13IN2O2S/c1-11(22)16-15(12-6-3-2-4-7-12)20-18(24-16)21-17(23)13-8-5-9-14(19)10-13/h2-10H,1H3,(H,20,21,23). The minimum absolute atomic E-state index is 0.0684. The molecule has 0 saturated carbocycles. The lowest BCUT2D eigenvalue weighted by atomic mass is 10.1. The van der Waals surface area contributed by atoms with E-state index in [1.54, 1.807) is 12.1 Å². The Bertz CT molecular complexity index is 906. The maximum atomic E-state index is 12.4. The van der Waals surface area contributed by atoms with E-state index >= 15 is 0 Å². The molecule has 0 unspecified atom stereocenters. The van der Waals surface area contributed by atoms with Crippen molar-refractivity contribution in [3.8, 4) is 11.3 Å². The lowest BCUT2D eigenvalue weighted by molar-refractivity contribution is 0.101. The molecule has 3 rings (SSSR count). The number of ketones is 1. The highest BCUT2D eigenvalue weighted by atomic mass is 127. The van der Waals surface area contributed by atoms with Crippen molar-refractivity contribution >= 4 is 50.7 Å². The number of anilines is 1. The van der Waals surface area contributed by atoms with E-state index in [1.165, 1.54) is 18.3 Å². The van der Waals surface area contributed by atoms with E-state index in [0.29, 0.717) is 21.3 Å². The van der Waals surface area contributed by atoms with E-state index in [2.05, 4.69) is 32.9 Å². The molecule has 1 N–H and O–H groups in total. The minimum atomic E-state index is -0.239. The normalized spacial score (nSPS) is 10.4. The van der Waals surface area contributed by atoms with Crippen molar-refractivity contribution in [1.82, 2.24) is 4.98 Å². The molecule has 4 nitrogen and oxygen atoms in total. The maximum absolute atomic E-state index is 12.4. The Labute approximate surface area is 157 Å². The number of aromatic nitrogens is 1. The van der Waals surface area contributed by atoms with Gasteiger partial charge in [-0.1, -0.05) is 47.7 Å². The van der Waals surface area contributed by atoms with Gasteiger partial charge in [-0.2, -0.15) is 0 Å². The van der Waals surface area contributed by atoms with E-state index < -0.39 is 0 Å². The highest BCUT2D eigenvalue weighted by Crippen LogP contribution is 2.31. The van der Waals surface area contributed by atoms with Crippen molar-refractivity contribution < 1.29 is 9.59 Å². The quantitative estimate of drug-likeness (QED) is 0.458. The Balaban J connectivity index is 1.92. The van der Waals surface area contributed by atoms with Crippen LogP contribution in [0.2, 0.25) is 0 Å². The van der Waals surface area contributed by atoms with Gasteiger partial charge in [0.1, 0.15) is 0 Å². The van der Waals surface area contributed by atoms with E-state index in [0.717, 1.165) is 9.13 Å². The third-order valence-electron chi connectivity index (χ3n) is 3.30. The number of rotatable bonds is 4. The van der Waals surface area contributed by atoms with Gasteiger partial charge in [0.15, 0.2) is 10.9 Å². The summed E-state index contributed by atoms with van der Waals surface area (Å²) in [4.78, 5) is 29.3. The molecule has 0 atom stereocenters. The summed E-state index contributed by atoms with van der Waals surface area (Å²) in [5.41, 5.74) is 2.02. The maximum Gasteiger partial charge on any atom is 0.257 e. The zero-order valence-electron chi connectivity index (χ0n) is 12.7. The number of Topliss-reactive ketones (excluding diaryl/α,β-unsaturated/α-hetero) is 1.